The molecule has 0 fully saturated rings. The van der Waals surface area contributed by atoms with Crippen LogP contribution in [0.15, 0.2) is 45.9 Å². The first-order valence-corrected chi connectivity index (χ1v) is 7.69. The quantitative estimate of drug-likeness (QED) is 0.583. The molecule has 1 aliphatic carbocycles. The maximum Gasteiger partial charge on any atom is -1.00 e. The molecule has 0 unspecified atom stereocenters. The average molecular weight is 360 g/mol. The Balaban J connectivity index is 0.00000200. The van der Waals surface area contributed by atoms with Crippen molar-refractivity contribution in [3.8, 4) is 5.75 Å². The van der Waals surface area contributed by atoms with Crippen LogP contribution >= 0.6 is 0 Å². The molecule has 4 heteroatoms. The third kappa shape index (κ3) is 4.63. The van der Waals surface area contributed by atoms with Crippen molar-refractivity contribution in [2.24, 2.45) is 0 Å². The van der Waals surface area contributed by atoms with E-state index in [9.17, 15) is 0 Å². The van der Waals surface area contributed by atoms with E-state index in [0.717, 1.165) is 25.2 Å². The van der Waals surface area contributed by atoms with Crippen molar-refractivity contribution >= 4 is 0 Å². The van der Waals surface area contributed by atoms with Gasteiger partial charge in [0, 0.05) is 0 Å². The number of rotatable bonds is 5. The number of allylic oxidation sites excluding steroid dienone is 4. The molecule has 113 valence electrons. The fourth-order valence-corrected chi connectivity index (χ4v) is 3.36. The van der Waals surface area contributed by atoms with Gasteiger partial charge >= 0.3 is 128 Å². The van der Waals surface area contributed by atoms with Gasteiger partial charge in [-0.1, -0.05) is 0 Å². The maximum atomic E-state index is 5.92. The van der Waals surface area contributed by atoms with Gasteiger partial charge in [-0.05, 0) is 0 Å². The van der Waals surface area contributed by atoms with Crippen molar-refractivity contribution in [2.75, 3.05) is 6.61 Å². The summed E-state index contributed by atoms with van der Waals surface area (Å²) < 4.78 is 7.39. The van der Waals surface area contributed by atoms with Crippen molar-refractivity contribution in [1.82, 2.24) is 0 Å². The molecule has 0 atom stereocenters. The summed E-state index contributed by atoms with van der Waals surface area (Å²) in [6, 6.07) is 8.43. The van der Waals surface area contributed by atoms with E-state index < -0.39 is 0 Å². The summed E-state index contributed by atoms with van der Waals surface area (Å²) in [5, 5.41) is 0. The third-order valence-electron chi connectivity index (χ3n) is 3.63. The minimum atomic E-state index is 0. The largest absolute Gasteiger partial charge is 1.00 e. The number of ether oxygens (including phenoxy) is 1. The van der Waals surface area contributed by atoms with Crippen LogP contribution in [-0.2, 0) is 25.9 Å². The van der Waals surface area contributed by atoms with E-state index in [-0.39, 0.29) is 30.2 Å². The minimum Gasteiger partial charge on any atom is -1.00 e. The van der Waals surface area contributed by atoms with Crippen molar-refractivity contribution in [3.05, 3.63) is 51.4 Å². The van der Waals surface area contributed by atoms with Crippen LogP contribution in [-0.4, -0.2) is 6.61 Å². The molecular formula is C17H21Cl2OTi. The summed E-state index contributed by atoms with van der Waals surface area (Å²) in [5.74, 6) is 1.02. The van der Waals surface area contributed by atoms with Gasteiger partial charge in [0.2, 0.25) is 0 Å². The Hall–Kier alpha value is -0.206. The van der Waals surface area contributed by atoms with Crippen LogP contribution in [0.3, 0.4) is 0 Å². The second-order valence-corrected chi connectivity index (χ2v) is 6.41. The number of hydrogen-bond donors (Lipinski definition) is 0. The zero-order valence-electron chi connectivity index (χ0n) is 12.7. The molecule has 0 saturated heterocycles. The first kappa shape index (κ1) is 20.8. The Morgan fingerprint density at radius 1 is 1.19 bits per heavy atom. The van der Waals surface area contributed by atoms with E-state index in [0.29, 0.717) is 0 Å². The fraction of sp³-hybridized carbons (Fsp3) is 0.412. The Morgan fingerprint density at radius 2 is 1.86 bits per heavy atom. The summed E-state index contributed by atoms with van der Waals surface area (Å²) in [4.78, 5) is 0. The predicted octanol–water partition coefficient (Wildman–Crippen LogP) is -1.48. The second-order valence-electron chi connectivity index (χ2n) is 5.47. The number of para-hydroxylation sites is 1. The Labute approximate surface area is 152 Å². The van der Waals surface area contributed by atoms with Gasteiger partial charge in [-0.25, -0.2) is 0 Å². The average Bonchev–Trinajstić information content (AvgIpc) is 2.83. The monoisotopic (exact) mass is 359 g/mol. The first-order chi connectivity index (χ1) is 9.07. The molecule has 0 radical (unpaired) electrons. The molecule has 0 spiro atoms. The first-order valence-electron chi connectivity index (χ1n) is 6.91. The van der Waals surface area contributed by atoms with E-state index in [1.165, 1.54) is 15.0 Å². The standard InChI is InChI=1S/C17H21O.2ClH.Ti/c1-4-13-18-16-12-8-7-11-15(16)17(2,3)14-9-5-6-10-14;;;/h5,7-9,11-12H,4,6,13H2,1-3H3;2*1H;/q;;;+2/p-2. The van der Waals surface area contributed by atoms with Gasteiger partial charge in [0.15, 0.2) is 0 Å². The van der Waals surface area contributed by atoms with Crippen LogP contribution in [0.5, 0.6) is 5.75 Å². The molecule has 0 aliphatic heterocycles. The van der Waals surface area contributed by atoms with E-state index in [1.807, 2.05) is 0 Å². The van der Waals surface area contributed by atoms with Gasteiger partial charge in [-0.3, -0.25) is 0 Å². The summed E-state index contributed by atoms with van der Waals surface area (Å²) >= 11 is 2.23. The van der Waals surface area contributed by atoms with Crippen LogP contribution < -0.4 is 29.6 Å². The number of benzene rings is 1. The number of hydrogen-bond acceptors (Lipinski definition) is 1. The van der Waals surface area contributed by atoms with Crippen LogP contribution in [0.25, 0.3) is 0 Å². The topological polar surface area (TPSA) is 9.23 Å². The van der Waals surface area contributed by atoms with Crippen molar-refractivity contribution < 1.29 is 50.0 Å². The van der Waals surface area contributed by atoms with Gasteiger partial charge in [0.25, 0.3) is 0 Å². The zero-order valence-corrected chi connectivity index (χ0v) is 15.8. The van der Waals surface area contributed by atoms with Gasteiger partial charge in [-0.2, -0.15) is 0 Å². The number of halogens is 2. The predicted molar refractivity (Wildman–Crippen MR) is 76.0 cm³/mol. The van der Waals surface area contributed by atoms with Crippen molar-refractivity contribution in [3.63, 3.8) is 0 Å². The SMILES string of the molecule is CCCOc1ccccc1C(C)(C)C1=[C]([Ti+2])CC=C1.[Cl-].[Cl-]. The molecule has 1 aromatic carbocycles. The molecule has 0 bridgehead atoms. The van der Waals surface area contributed by atoms with E-state index in [4.69, 9.17) is 4.74 Å². The summed E-state index contributed by atoms with van der Waals surface area (Å²) in [5.41, 5.74) is 2.71. The smallest absolute Gasteiger partial charge is 1.00 e. The van der Waals surface area contributed by atoms with Gasteiger partial charge in [-0.15, -0.1) is 0 Å². The van der Waals surface area contributed by atoms with Crippen LogP contribution in [0.1, 0.15) is 39.2 Å². The van der Waals surface area contributed by atoms with Crippen LogP contribution in [0, 0.1) is 0 Å². The minimum absolute atomic E-state index is 0. The molecule has 21 heavy (non-hydrogen) atoms. The van der Waals surface area contributed by atoms with Gasteiger partial charge in [0.1, 0.15) is 0 Å². The summed E-state index contributed by atoms with van der Waals surface area (Å²) in [6.07, 6.45) is 6.64. The molecule has 0 amide bonds. The van der Waals surface area contributed by atoms with Gasteiger partial charge < -0.3 is 24.8 Å². The molecule has 1 aromatic rings. The van der Waals surface area contributed by atoms with Crippen LogP contribution in [0.2, 0.25) is 0 Å². The molecule has 0 aromatic heterocycles. The second kappa shape index (κ2) is 9.05. The van der Waals surface area contributed by atoms with E-state index >= 15 is 0 Å². The third-order valence-corrected chi connectivity index (χ3v) is 4.37. The molecule has 1 aliphatic rings. The van der Waals surface area contributed by atoms with E-state index in [1.54, 1.807) is 0 Å². The van der Waals surface area contributed by atoms with Crippen molar-refractivity contribution in [2.45, 2.75) is 39.0 Å². The summed E-state index contributed by atoms with van der Waals surface area (Å²) in [6.45, 7) is 7.49. The van der Waals surface area contributed by atoms with Gasteiger partial charge in [0.05, 0.1) is 0 Å². The van der Waals surface area contributed by atoms with Crippen molar-refractivity contribution in [1.29, 1.82) is 0 Å². The van der Waals surface area contributed by atoms with E-state index in [2.05, 4.69) is 77.6 Å². The normalized spacial score (nSPS) is 13.8. The molecular weight excluding hydrogens is 339 g/mol. The fourth-order valence-electron chi connectivity index (χ4n) is 2.56. The zero-order chi connectivity index (χ0) is 13.9. The summed E-state index contributed by atoms with van der Waals surface area (Å²) in [7, 11) is 0. The maximum absolute atomic E-state index is 5.92. The molecule has 0 saturated carbocycles. The Morgan fingerprint density at radius 3 is 2.43 bits per heavy atom. The Bertz CT molecular complexity index is 521. The molecule has 2 rings (SSSR count). The molecule has 0 N–H and O–H groups in total. The molecule has 0 heterocycles. The van der Waals surface area contributed by atoms with Crippen LogP contribution in [0.4, 0.5) is 0 Å². The molecule has 1 nitrogen and oxygen atoms in total. The Kier molecular flexibility index (Phi) is 8.96.